The summed E-state index contributed by atoms with van der Waals surface area (Å²) in [7, 11) is 0. The maximum Gasteiger partial charge on any atom is 0.160 e. The van der Waals surface area contributed by atoms with Crippen LogP contribution >= 0.6 is 0 Å². The molecule has 65 heavy (non-hydrogen) atoms. The zero-order valence-corrected chi connectivity index (χ0v) is 35.2. The maximum absolute atomic E-state index is 5.29. The van der Waals surface area contributed by atoms with Gasteiger partial charge in [0.05, 0.1) is 22.4 Å². The summed E-state index contributed by atoms with van der Waals surface area (Å²) in [5.74, 6) is 0.697. The van der Waals surface area contributed by atoms with Gasteiger partial charge < -0.3 is 4.57 Å². The number of rotatable bonds is 5. The fourth-order valence-electron chi connectivity index (χ4n) is 10.8. The van der Waals surface area contributed by atoms with E-state index in [9.17, 15) is 0 Å². The summed E-state index contributed by atoms with van der Waals surface area (Å²) in [5.41, 5.74) is 10.6. The molecule has 0 aliphatic heterocycles. The number of aromatic nitrogens is 3. The smallest absolute Gasteiger partial charge is 0.160 e. The Kier molecular flexibility index (Phi) is 7.69. The highest BCUT2D eigenvalue weighted by atomic mass is 15.0. The summed E-state index contributed by atoms with van der Waals surface area (Å²) in [6.45, 7) is 0. The highest BCUT2D eigenvalue weighted by Crippen LogP contribution is 2.45. The van der Waals surface area contributed by atoms with E-state index in [2.05, 4.69) is 223 Å². The monoisotopic (exact) mass is 823 g/mol. The first kappa shape index (κ1) is 35.9. The van der Waals surface area contributed by atoms with Crippen LogP contribution in [0.15, 0.2) is 224 Å². The van der Waals surface area contributed by atoms with E-state index in [4.69, 9.17) is 9.97 Å². The Morgan fingerprint density at radius 3 is 1.45 bits per heavy atom. The van der Waals surface area contributed by atoms with E-state index in [-0.39, 0.29) is 0 Å². The van der Waals surface area contributed by atoms with Crippen molar-refractivity contribution in [2.45, 2.75) is 0 Å². The van der Waals surface area contributed by atoms with Gasteiger partial charge in [0.15, 0.2) is 5.82 Å². The minimum atomic E-state index is 0.697. The molecular formula is C62H37N3. The van der Waals surface area contributed by atoms with Crippen molar-refractivity contribution in [1.82, 2.24) is 14.5 Å². The molecule has 0 saturated carbocycles. The van der Waals surface area contributed by atoms with Crippen LogP contribution in [-0.2, 0) is 0 Å². The molecule has 14 rings (SSSR count). The Morgan fingerprint density at radius 1 is 0.262 bits per heavy atom. The van der Waals surface area contributed by atoms with Crippen molar-refractivity contribution in [2.75, 3.05) is 0 Å². The molecule has 0 N–H and O–H groups in total. The molecule has 0 saturated heterocycles. The van der Waals surface area contributed by atoms with Crippen LogP contribution in [0.1, 0.15) is 0 Å². The average molecular weight is 824 g/mol. The maximum atomic E-state index is 5.29. The second kappa shape index (κ2) is 13.9. The lowest BCUT2D eigenvalue weighted by Crippen LogP contribution is -1.96. The summed E-state index contributed by atoms with van der Waals surface area (Å²) in [6, 6.07) is 81.7. The highest BCUT2D eigenvalue weighted by Gasteiger charge is 2.19. The van der Waals surface area contributed by atoms with E-state index in [1.54, 1.807) is 0 Å². The van der Waals surface area contributed by atoms with Crippen molar-refractivity contribution in [1.29, 1.82) is 0 Å². The second-order valence-corrected chi connectivity index (χ2v) is 17.3. The van der Waals surface area contributed by atoms with Crippen molar-refractivity contribution >= 4 is 86.4 Å². The van der Waals surface area contributed by atoms with Gasteiger partial charge in [-0.05, 0) is 130 Å². The van der Waals surface area contributed by atoms with E-state index in [0.717, 1.165) is 44.8 Å². The molecule has 0 fully saturated rings. The van der Waals surface area contributed by atoms with Crippen molar-refractivity contribution < 1.29 is 0 Å². The molecule has 0 amide bonds. The Labute approximate surface area is 374 Å². The van der Waals surface area contributed by atoms with Crippen LogP contribution in [0.2, 0.25) is 0 Å². The minimum Gasteiger partial charge on any atom is -0.309 e. The number of hydrogen-bond donors (Lipinski definition) is 0. The lowest BCUT2D eigenvalue weighted by atomic mass is 9.86. The standard InChI is InChI=1S/C62H37N3/c1-3-13-41(14-4-1)62-63-54(37-55(64-62)44-31-32-57-52(35-44)48-22-7-8-26-56(48)65(57)47-20-5-2-6-21-47)43-19-9-18-42(33-43)46-34-45-30-29-40-16-11-24-50-49-23-10-15-38-27-28-39-17-12-25-51(60(39)58(38)49)53(36-46)61(45)59(40)50/h1-37H. The Bertz CT molecular complexity index is 4220. The normalized spacial score (nSPS) is 12.0. The summed E-state index contributed by atoms with van der Waals surface area (Å²) in [5, 5.41) is 17.7. The van der Waals surface area contributed by atoms with Crippen LogP contribution in [0.25, 0.3) is 137 Å². The lowest BCUT2D eigenvalue weighted by Gasteiger charge is -2.17. The van der Waals surface area contributed by atoms with Gasteiger partial charge in [-0.3, -0.25) is 0 Å². The van der Waals surface area contributed by atoms with Crippen molar-refractivity contribution in [3.63, 3.8) is 0 Å². The van der Waals surface area contributed by atoms with Crippen molar-refractivity contribution in [2.24, 2.45) is 0 Å². The zero-order chi connectivity index (χ0) is 42.6. The third-order valence-electron chi connectivity index (χ3n) is 13.7. The van der Waals surface area contributed by atoms with Gasteiger partial charge in [0.1, 0.15) is 0 Å². The van der Waals surface area contributed by atoms with Gasteiger partial charge in [-0.25, -0.2) is 9.97 Å². The predicted octanol–water partition coefficient (Wildman–Crippen LogP) is 16.6. The van der Waals surface area contributed by atoms with E-state index in [1.165, 1.54) is 86.5 Å². The van der Waals surface area contributed by atoms with Crippen LogP contribution in [-0.4, -0.2) is 14.5 Å². The Hall–Kier alpha value is -8.66. The lowest BCUT2D eigenvalue weighted by molar-refractivity contribution is 1.18. The third-order valence-corrected chi connectivity index (χ3v) is 13.7. The second-order valence-electron chi connectivity index (χ2n) is 17.3. The fraction of sp³-hybridized carbons (Fsp3) is 0. The van der Waals surface area contributed by atoms with Crippen molar-refractivity contribution in [3.05, 3.63) is 224 Å². The largest absolute Gasteiger partial charge is 0.309 e. The molecular weight excluding hydrogens is 787 g/mol. The van der Waals surface area contributed by atoms with Crippen LogP contribution in [0.3, 0.4) is 0 Å². The first-order valence-electron chi connectivity index (χ1n) is 22.3. The molecule has 0 atom stereocenters. The third kappa shape index (κ3) is 5.49. The van der Waals surface area contributed by atoms with Gasteiger partial charge in [-0.1, -0.05) is 170 Å². The molecule has 0 aliphatic rings. The molecule has 0 spiro atoms. The quantitative estimate of drug-likeness (QED) is 0.162. The highest BCUT2D eigenvalue weighted by molar-refractivity contribution is 6.37. The molecule has 0 unspecified atom stereocenters. The van der Waals surface area contributed by atoms with Crippen molar-refractivity contribution in [3.8, 4) is 50.7 Å². The molecule has 0 radical (unpaired) electrons. The summed E-state index contributed by atoms with van der Waals surface area (Å²) in [4.78, 5) is 10.6. The summed E-state index contributed by atoms with van der Waals surface area (Å²) in [6.07, 6.45) is 0. The first-order chi connectivity index (χ1) is 32.2. The number of nitrogens with zero attached hydrogens (tertiary/aromatic N) is 3. The van der Waals surface area contributed by atoms with Gasteiger partial charge >= 0.3 is 0 Å². The first-order valence-corrected chi connectivity index (χ1v) is 22.3. The van der Waals surface area contributed by atoms with E-state index in [1.807, 2.05) is 6.07 Å². The summed E-state index contributed by atoms with van der Waals surface area (Å²) >= 11 is 0. The number of fused-ring (bicyclic) bond motifs is 5. The van der Waals surface area contributed by atoms with Gasteiger partial charge in [-0.15, -0.1) is 0 Å². The topological polar surface area (TPSA) is 30.7 Å². The predicted molar refractivity (Wildman–Crippen MR) is 274 cm³/mol. The molecule has 3 heteroatoms. The Balaban J connectivity index is 0.981. The van der Waals surface area contributed by atoms with Crippen LogP contribution in [0, 0.1) is 0 Å². The number of hydrogen-bond acceptors (Lipinski definition) is 2. The molecule has 2 heterocycles. The molecule has 12 aromatic carbocycles. The van der Waals surface area contributed by atoms with E-state index in [0.29, 0.717) is 5.82 Å². The van der Waals surface area contributed by atoms with Gasteiger partial charge in [-0.2, -0.15) is 0 Å². The number of benzene rings is 11. The molecule has 0 bridgehead atoms. The Morgan fingerprint density at radius 2 is 0.754 bits per heavy atom. The minimum absolute atomic E-state index is 0.697. The van der Waals surface area contributed by atoms with Gasteiger partial charge in [0.25, 0.3) is 0 Å². The van der Waals surface area contributed by atoms with E-state index < -0.39 is 0 Å². The number of para-hydroxylation sites is 2. The van der Waals surface area contributed by atoms with Gasteiger partial charge in [0.2, 0.25) is 0 Å². The summed E-state index contributed by atoms with van der Waals surface area (Å²) < 4.78 is 2.35. The fourth-order valence-corrected chi connectivity index (χ4v) is 10.8. The molecule has 3 nitrogen and oxygen atoms in total. The molecule has 14 aromatic rings. The van der Waals surface area contributed by atoms with Crippen LogP contribution in [0.4, 0.5) is 0 Å². The zero-order valence-electron chi connectivity index (χ0n) is 35.2. The molecule has 0 aliphatic carbocycles. The van der Waals surface area contributed by atoms with Gasteiger partial charge in [0, 0.05) is 33.2 Å². The molecule has 300 valence electrons. The van der Waals surface area contributed by atoms with E-state index >= 15 is 0 Å². The molecule has 2 aromatic heterocycles. The SMILES string of the molecule is c1ccc(-c2nc(-c3cccc(-c4cc5ccc6cccc7c8cccc9ccc%10cccc(c(c4)c5c67)c%10c98)c3)cc(-c3ccc4c(c3)c3ccccc3n4-c3ccccc3)n2)cc1. The van der Waals surface area contributed by atoms with Crippen LogP contribution in [0.5, 0.6) is 0 Å². The average Bonchev–Trinajstić information content (AvgIpc) is 3.71. The van der Waals surface area contributed by atoms with Crippen LogP contribution < -0.4 is 0 Å².